The quantitative estimate of drug-likeness (QED) is 0.710. The fourth-order valence-electron chi connectivity index (χ4n) is 1.84. The van der Waals surface area contributed by atoms with Gasteiger partial charge in [-0.2, -0.15) is 0 Å². The molecule has 2 aliphatic rings. The number of nitrogens with one attached hydrogen (secondary N) is 1. The molecule has 4 heteroatoms. The molecule has 2 nitrogen and oxygen atoms in total. The Kier molecular flexibility index (Phi) is 2.68. The van der Waals surface area contributed by atoms with E-state index < -0.39 is 0 Å². The van der Waals surface area contributed by atoms with Crippen LogP contribution >= 0.6 is 20.0 Å². The normalized spacial score (nSPS) is 35.0. The van der Waals surface area contributed by atoms with Crippen LogP contribution in [0, 0.1) is 0 Å². The molecule has 1 N–H and O–H groups in total. The van der Waals surface area contributed by atoms with Crippen molar-refractivity contribution >= 4 is 26.3 Å². The average molecular weight is 214 g/mol. The molecule has 1 unspecified atom stereocenters. The van der Waals surface area contributed by atoms with Gasteiger partial charge < -0.3 is 5.32 Å². The van der Waals surface area contributed by atoms with Gasteiger partial charge in [0.15, 0.2) is 0 Å². The summed E-state index contributed by atoms with van der Waals surface area (Å²) in [7, 11) is 1.10. The maximum Gasteiger partial charge on any atom is 0.140 e. The lowest BCUT2D eigenvalue weighted by Crippen LogP contribution is -2.49. The Balaban J connectivity index is 2.03. The summed E-state index contributed by atoms with van der Waals surface area (Å²) in [5, 5.41) is 5.74. The summed E-state index contributed by atoms with van der Waals surface area (Å²) in [4.78, 5) is 2.63. The molecule has 0 aromatic heterocycles. The fraction of sp³-hybridized carbons (Fsp3) is 0.667. The van der Waals surface area contributed by atoms with Crippen LogP contribution in [0.25, 0.3) is 0 Å². The largest absolute Gasteiger partial charge is 0.354 e. The molecule has 0 aliphatic carbocycles. The maximum atomic E-state index is 3.87. The van der Waals surface area contributed by atoms with Crippen LogP contribution in [0.15, 0.2) is 10.8 Å². The van der Waals surface area contributed by atoms with E-state index >= 15 is 0 Å². The number of hydrogen-bond acceptors (Lipinski definition) is 3. The van der Waals surface area contributed by atoms with Crippen LogP contribution in [-0.2, 0) is 0 Å². The molecule has 13 heavy (non-hydrogen) atoms. The number of hydrogen-bond donors (Lipinski definition) is 1. The van der Waals surface area contributed by atoms with E-state index in [1.54, 1.807) is 0 Å². The zero-order valence-electron chi connectivity index (χ0n) is 7.92. The van der Waals surface area contributed by atoms with Crippen LogP contribution in [0.2, 0.25) is 0 Å². The van der Waals surface area contributed by atoms with Gasteiger partial charge in [-0.15, -0.1) is 0 Å². The van der Waals surface area contributed by atoms with Crippen molar-refractivity contribution in [2.45, 2.75) is 24.8 Å². The molecule has 1 atom stereocenters. The van der Waals surface area contributed by atoms with Crippen molar-refractivity contribution in [2.24, 2.45) is 0 Å². The van der Waals surface area contributed by atoms with E-state index in [9.17, 15) is 0 Å². The van der Waals surface area contributed by atoms with Crippen LogP contribution in [0.3, 0.4) is 0 Å². The van der Waals surface area contributed by atoms with Gasteiger partial charge in [0.25, 0.3) is 0 Å². The minimum absolute atomic E-state index is 0.108. The molecule has 72 valence electrons. The first-order valence-corrected chi connectivity index (χ1v) is 6.58. The van der Waals surface area contributed by atoms with Crippen molar-refractivity contribution in [3.05, 3.63) is 10.8 Å². The standard InChI is InChI=1S/C9H15N2PS/c1-9(11-5-3-4-6-11)10-8(12-2)7-13-9/h7,10H,2-6H2,1H3. The van der Waals surface area contributed by atoms with Crippen molar-refractivity contribution in [3.63, 3.8) is 0 Å². The van der Waals surface area contributed by atoms with Gasteiger partial charge >= 0.3 is 0 Å². The van der Waals surface area contributed by atoms with E-state index in [1.165, 1.54) is 31.4 Å². The van der Waals surface area contributed by atoms with Gasteiger partial charge in [0.1, 0.15) is 4.99 Å². The first-order chi connectivity index (χ1) is 6.24. The molecule has 0 aromatic carbocycles. The molecule has 2 aliphatic heterocycles. The van der Waals surface area contributed by atoms with Crippen molar-refractivity contribution in [2.75, 3.05) is 13.1 Å². The second kappa shape index (κ2) is 3.64. The van der Waals surface area contributed by atoms with E-state index in [0.29, 0.717) is 0 Å². The molecule has 0 saturated carbocycles. The molecule has 1 fully saturated rings. The highest BCUT2D eigenvalue weighted by Crippen LogP contribution is 2.38. The highest BCUT2D eigenvalue weighted by atomic mass is 32.2. The molecular weight excluding hydrogens is 199 g/mol. The third-order valence-electron chi connectivity index (χ3n) is 2.64. The van der Waals surface area contributed by atoms with E-state index in [0.717, 1.165) is 8.20 Å². The summed E-state index contributed by atoms with van der Waals surface area (Å²) in [6.45, 7) is 4.72. The van der Waals surface area contributed by atoms with Gasteiger partial charge in [-0.25, -0.2) is 0 Å². The molecule has 0 amide bonds. The Morgan fingerprint density at radius 3 is 2.85 bits per heavy atom. The van der Waals surface area contributed by atoms with Crippen LogP contribution in [-0.4, -0.2) is 29.3 Å². The first kappa shape index (κ1) is 9.57. The topological polar surface area (TPSA) is 15.3 Å². The number of rotatable bonds is 2. The number of nitrogens with zero attached hydrogens (tertiary/aromatic N) is 1. The Hall–Kier alpha value is 0.0200. The Bertz CT molecular complexity index is 248. The van der Waals surface area contributed by atoms with E-state index in [1.807, 2.05) is 11.8 Å². The monoisotopic (exact) mass is 214 g/mol. The third kappa shape index (κ3) is 1.78. The maximum absolute atomic E-state index is 3.87. The van der Waals surface area contributed by atoms with Gasteiger partial charge in [0, 0.05) is 18.5 Å². The summed E-state index contributed by atoms with van der Waals surface area (Å²) >= 11 is 1.88. The predicted molar refractivity (Wildman–Crippen MR) is 62.1 cm³/mol. The Morgan fingerprint density at radius 2 is 2.31 bits per heavy atom. The van der Waals surface area contributed by atoms with Gasteiger partial charge in [-0.05, 0) is 19.8 Å². The van der Waals surface area contributed by atoms with Gasteiger partial charge in [-0.1, -0.05) is 26.3 Å². The van der Waals surface area contributed by atoms with Gasteiger partial charge in [-0.3, -0.25) is 4.90 Å². The van der Waals surface area contributed by atoms with Crippen molar-refractivity contribution in [3.8, 4) is 0 Å². The molecule has 1 saturated heterocycles. The molecule has 2 heterocycles. The summed E-state index contributed by atoms with van der Waals surface area (Å²) in [5.41, 5.74) is 1.25. The fourth-order valence-corrected chi connectivity index (χ4v) is 3.57. The smallest absolute Gasteiger partial charge is 0.140 e. The highest BCUT2D eigenvalue weighted by molar-refractivity contribution is 8.03. The summed E-state index contributed by atoms with van der Waals surface area (Å²) in [6.07, 6.45) is 6.55. The molecule has 0 bridgehead atoms. The molecule has 0 radical (unpaired) electrons. The predicted octanol–water partition coefficient (Wildman–Crippen LogP) is 2.27. The van der Waals surface area contributed by atoms with Gasteiger partial charge in [0.2, 0.25) is 0 Å². The molecular formula is C9H15N2PS. The summed E-state index contributed by atoms with van der Waals surface area (Å²) in [5.74, 6) is 0. The van der Waals surface area contributed by atoms with E-state index in [-0.39, 0.29) is 4.99 Å². The second-order valence-electron chi connectivity index (χ2n) is 3.58. The highest BCUT2D eigenvalue weighted by Gasteiger charge is 2.36. The molecule has 2 rings (SSSR count). The Labute approximate surface area is 85.6 Å². The number of likely N-dealkylation sites (tertiary alicyclic amines) is 1. The third-order valence-corrected chi connectivity index (χ3v) is 4.57. The van der Waals surface area contributed by atoms with Crippen molar-refractivity contribution < 1.29 is 0 Å². The summed E-state index contributed by atoms with van der Waals surface area (Å²) in [6, 6.07) is 0. The lowest BCUT2D eigenvalue weighted by atomic mass is 10.4. The zero-order valence-corrected chi connectivity index (χ0v) is 9.63. The second-order valence-corrected chi connectivity index (χ2v) is 5.65. The molecule has 0 spiro atoms. The lowest BCUT2D eigenvalue weighted by molar-refractivity contribution is 0.207. The van der Waals surface area contributed by atoms with Crippen LogP contribution in [0.5, 0.6) is 0 Å². The first-order valence-electron chi connectivity index (χ1n) is 4.62. The Morgan fingerprint density at radius 1 is 1.62 bits per heavy atom. The van der Waals surface area contributed by atoms with Crippen molar-refractivity contribution in [1.82, 2.24) is 10.2 Å². The SMILES string of the molecule is C=PC1=CSC(C)(N2CCCC2)N1. The van der Waals surface area contributed by atoms with E-state index in [2.05, 4.69) is 28.8 Å². The lowest BCUT2D eigenvalue weighted by Gasteiger charge is -2.35. The number of thioether (sulfide) groups is 1. The summed E-state index contributed by atoms with van der Waals surface area (Å²) < 4.78 is 0. The van der Waals surface area contributed by atoms with Crippen LogP contribution in [0.1, 0.15) is 19.8 Å². The van der Waals surface area contributed by atoms with Crippen LogP contribution in [0.4, 0.5) is 0 Å². The minimum Gasteiger partial charge on any atom is -0.354 e. The average Bonchev–Trinajstić information content (AvgIpc) is 2.72. The van der Waals surface area contributed by atoms with Crippen molar-refractivity contribution in [1.29, 1.82) is 0 Å². The molecule has 0 aromatic rings. The van der Waals surface area contributed by atoms with Gasteiger partial charge in [0.05, 0.1) is 5.44 Å². The van der Waals surface area contributed by atoms with E-state index in [4.69, 9.17) is 0 Å². The van der Waals surface area contributed by atoms with Crippen LogP contribution < -0.4 is 5.32 Å². The minimum atomic E-state index is 0.108. The zero-order chi connectivity index (χ0) is 9.31.